The van der Waals surface area contributed by atoms with Crippen LogP contribution in [0, 0.1) is 19.3 Å². The Bertz CT molecular complexity index is 434. The number of hydrogen-bond acceptors (Lipinski definition) is 4. The zero-order valence-corrected chi connectivity index (χ0v) is 9.62. The van der Waals surface area contributed by atoms with Gasteiger partial charge in [-0.1, -0.05) is 5.16 Å². The van der Waals surface area contributed by atoms with E-state index in [-0.39, 0.29) is 5.88 Å². The highest BCUT2D eigenvalue weighted by atomic mass is 16.5. The molecule has 1 aromatic rings. The maximum Gasteiger partial charge on any atom is 0.318 e. The van der Waals surface area contributed by atoms with Crippen LogP contribution < -0.4 is 5.32 Å². The summed E-state index contributed by atoms with van der Waals surface area (Å²) in [5.74, 6) is -1.64. The predicted molar refractivity (Wildman–Crippen MR) is 56.0 cm³/mol. The van der Waals surface area contributed by atoms with Gasteiger partial charge in [0.25, 0.3) is 0 Å². The standard InChI is InChI=1S/C10H14N2O4/c1-5-6(2)12-16-7(5)11-8(13)10(3,4)9(14)15/h1-4H3,(H,11,13)(H,14,15). The lowest BCUT2D eigenvalue weighted by Crippen LogP contribution is -2.37. The Morgan fingerprint density at radius 3 is 2.31 bits per heavy atom. The maximum atomic E-state index is 11.7. The molecule has 6 heteroatoms. The first kappa shape index (κ1) is 12.2. The Balaban J connectivity index is 2.87. The largest absolute Gasteiger partial charge is 0.480 e. The third-order valence-corrected chi connectivity index (χ3v) is 2.49. The SMILES string of the molecule is Cc1noc(NC(=O)C(C)(C)C(=O)O)c1C. The molecule has 2 N–H and O–H groups in total. The van der Waals surface area contributed by atoms with E-state index in [1.165, 1.54) is 13.8 Å². The van der Waals surface area contributed by atoms with Gasteiger partial charge >= 0.3 is 5.97 Å². The first-order valence-electron chi connectivity index (χ1n) is 4.74. The molecule has 88 valence electrons. The van der Waals surface area contributed by atoms with Crippen LogP contribution in [0.3, 0.4) is 0 Å². The molecular weight excluding hydrogens is 212 g/mol. The van der Waals surface area contributed by atoms with Gasteiger partial charge in [-0.25, -0.2) is 0 Å². The summed E-state index contributed by atoms with van der Waals surface area (Å²) in [6, 6.07) is 0. The molecule has 1 heterocycles. The number of nitrogens with zero attached hydrogens (tertiary/aromatic N) is 1. The van der Waals surface area contributed by atoms with Crippen molar-refractivity contribution in [3.05, 3.63) is 11.3 Å². The molecule has 0 radical (unpaired) electrons. The number of aryl methyl sites for hydroxylation is 1. The van der Waals surface area contributed by atoms with Gasteiger partial charge in [0.2, 0.25) is 11.8 Å². The summed E-state index contributed by atoms with van der Waals surface area (Å²) in [5, 5.41) is 14.9. The van der Waals surface area contributed by atoms with E-state index >= 15 is 0 Å². The van der Waals surface area contributed by atoms with E-state index in [1.54, 1.807) is 13.8 Å². The summed E-state index contributed by atoms with van der Waals surface area (Å²) < 4.78 is 4.87. The summed E-state index contributed by atoms with van der Waals surface area (Å²) in [4.78, 5) is 22.5. The molecule has 1 rings (SSSR count). The van der Waals surface area contributed by atoms with Crippen molar-refractivity contribution < 1.29 is 19.2 Å². The number of hydrogen-bond donors (Lipinski definition) is 2. The minimum atomic E-state index is -1.51. The summed E-state index contributed by atoms with van der Waals surface area (Å²) in [6.45, 7) is 6.11. The highest BCUT2D eigenvalue weighted by Crippen LogP contribution is 2.22. The van der Waals surface area contributed by atoms with Gasteiger partial charge in [0.15, 0.2) is 0 Å². The molecule has 0 fully saturated rings. The minimum Gasteiger partial charge on any atom is -0.480 e. The lowest BCUT2D eigenvalue weighted by molar-refractivity contribution is -0.151. The number of aliphatic carboxylic acids is 1. The molecule has 1 amide bonds. The molecule has 1 aromatic heterocycles. The van der Waals surface area contributed by atoms with Gasteiger partial charge in [0.1, 0.15) is 5.41 Å². The number of rotatable bonds is 3. The number of carbonyl (C=O) groups excluding carboxylic acids is 1. The van der Waals surface area contributed by atoms with Crippen LogP contribution in [0.1, 0.15) is 25.1 Å². The average molecular weight is 226 g/mol. The summed E-state index contributed by atoms with van der Waals surface area (Å²) in [5.41, 5.74) is -0.161. The molecule has 0 aromatic carbocycles. The van der Waals surface area contributed by atoms with Crippen molar-refractivity contribution in [2.75, 3.05) is 5.32 Å². The van der Waals surface area contributed by atoms with Crippen LogP contribution in [0.4, 0.5) is 5.88 Å². The maximum absolute atomic E-state index is 11.7. The third-order valence-electron chi connectivity index (χ3n) is 2.49. The molecule has 0 unspecified atom stereocenters. The lowest BCUT2D eigenvalue weighted by Gasteiger charge is -2.17. The number of nitrogens with one attached hydrogen (secondary N) is 1. The molecule has 0 aliphatic rings. The van der Waals surface area contributed by atoms with Crippen molar-refractivity contribution in [1.82, 2.24) is 5.16 Å². The predicted octanol–water partition coefficient (Wildman–Crippen LogP) is 1.34. The van der Waals surface area contributed by atoms with Crippen molar-refractivity contribution in [3.63, 3.8) is 0 Å². The number of carboxylic acid groups (broad SMARTS) is 1. The fraction of sp³-hybridized carbons (Fsp3) is 0.500. The summed E-state index contributed by atoms with van der Waals surface area (Å²) in [7, 11) is 0. The highest BCUT2D eigenvalue weighted by Gasteiger charge is 2.36. The molecule has 0 saturated carbocycles. The fourth-order valence-corrected chi connectivity index (χ4v) is 0.888. The van der Waals surface area contributed by atoms with Crippen LogP contribution in [0.2, 0.25) is 0 Å². The third kappa shape index (κ3) is 2.05. The smallest absolute Gasteiger partial charge is 0.318 e. The van der Waals surface area contributed by atoms with E-state index in [9.17, 15) is 9.59 Å². The van der Waals surface area contributed by atoms with Crippen LogP contribution in [0.25, 0.3) is 0 Å². The summed E-state index contributed by atoms with van der Waals surface area (Å²) >= 11 is 0. The van der Waals surface area contributed by atoms with Crippen LogP contribution >= 0.6 is 0 Å². The van der Waals surface area contributed by atoms with Crippen molar-refractivity contribution >= 4 is 17.8 Å². The number of carboxylic acids is 1. The van der Waals surface area contributed by atoms with E-state index in [4.69, 9.17) is 9.63 Å². The Morgan fingerprint density at radius 1 is 1.38 bits per heavy atom. The zero-order valence-electron chi connectivity index (χ0n) is 9.62. The number of aromatic nitrogens is 1. The molecular formula is C10H14N2O4. The van der Waals surface area contributed by atoms with Crippen LogP contribution in [0.15, 0.2) is 4.52 Å². The highest BCUT2D eigenvalue weighted by molar-refractivity contribution is 6.07. The summed E-state index contributed by atoms with van der Waals surface area (Å²) in [6.07, 6.45) is 0. The Hall–Kier alpha value is -1.85. The van der Waals surface area contributed by atoms with Crippen molar-refractivity contribution in [2.45, 2.75) is 27.7 Å². The van der Waals surface area contributed by atoms with Crippen molar-refractivity contribution in [3.8, 4) is 0 Å². The van der Waals surface area contributed by atoms with Gasteiger partial charge in [-0.05, 0) is 27.7 Å². The second kappa shape index (κ2) is 3.96. The molecule has 0 atom stereocenters. The van der Waals surface area contributed by atoms with Gasteiger partial charge in [0.05, 0.1) is 5.69 Å². The normalized spacial score (nSPS) is 11.2. The van der Waals surface area contributed by atoms with Gasteiger partial charge in [0, 0.05) is 5.56 Å². The monoisotopic (exact) mass is 226 g/mol. The van der Waals surface area contributed by atoms with Gasteiger partial charge in [-0.3, -0.25) is 14.9 Å². The fourth-order valence-electron chi connectivity index (χ4n) is 0.888. The lowest BCUT2D eigenvalue weighted by atomic mass is 9.93. The van der Waals surface area contributed by atoms with Crippen molar-refractivity contribution in [1.29, 1.82) is 0 Å². The number of amides is 1. The van der Waals surface area contributed by atoms with Crippen LogP contribution in [-0.2, 0) is 9.59 Å². The zero-order chi connectivity index (χ0) is 12.5. The second-order valence-corrected chi connectivity index (χ2v) is 4.11. The van der Waals surface area contributed by atoms with Crippen LogP contribution in [-0.4, -0.2) is 22.1 Å². The van der Waals surface area contributed by atoms with E-state index in [0.29, 0.717) is 11.3 Å². The Morgan fingerprint density at radius 2 is 1.94 bits per heavy atom. The first-order chi connectivity index (χ1) is 7.26. The second-order valence-electron chi connectivity index (χ2n) is 4.11. The molecule has 0 saturated heterocycles. The number of anilines is 1. The van der Waals surface area contributed by atoms with Crippen molar-refractivity contribution in [2.24, 2.45) is 5.41 Å². The van der Waals surface area contributed by atoms with Crippen LogP contribution in [0.5, 0.6) is 0 Å². The van der Waals surface area contributed by atoms with Gasteiger partial charge in [-0.2, -0.15) is 0 Å². The molecule has 0 bridgehead atoms. The van der Waals surface area contributed by atoms with Gasteiger partial charge in [-0.15, -0.1) is 0 Å². The van der Waals surface area contributed by atoms with E-state index in [1.807, 2.05) is 0 Å². The van der Waals surface area contributed by atoms with E-state index < -0.39 is 17.3 Å². The van der Waals surface area contributed by atoms with E-state index in [2.05, 4.69) is 10.5 Å². The molecule has 0 aliphatic heterocycles. The van der Waals surface area contributed by atoms with E-state index in [0.717, 1.165) is 0 Å². The first-order valence-corrected chi connectivity index (χ1v) is 4.74. The number of carbonyl (C=O) groups is 2. The molecule has 0 aliphatic carbocycles. The minimum absolute atomic E-state index is 0.192. The molecule has 6 nitrogen and oxygen atoms in total. The average Bonchev–Trinajstić information content (AvgIpc) is 2.49. The Kier molecular flexibility index (Phi) is 3.02. The quantitative estimate of drug-likeness (QED) is 0.759. The molecule has 16 heavy (non-hydrogen) atoms. The Labute approximate surface area is 92.6 Å². The molecule has 0 spiro atoms. The topological polar surface area (TPSA) is 92.4 Å². The van der Waals surface area contributed by atoms with Gasteiger partial charge < -0.3 is 9.63 Å².